The normalized spacial score (nSPS) is 12.3. The van der Waals surface area contributed by atoms with E-state index < -0.39 is 6.36 Å². The lowest BCUT2D eigenvalue weighted by atomic mass is 10.2. The number of anilines is 1. The van der Waals surface area contributed by atoms with E-state index in [0.29, 0.717) is 18.8 Å². The van der Waals surface area contributed by atoms with Crippen LogP contribution in [0.3, 0.4) is 0 Å². The van der Waals surface area contributed by atoms with E-state index >= 15 is 0 Å². The first-order valence-electron chi connectivity index (χ1n) is 5.89. The Morgan fingerprint density at radius 3 is 2.11 bits per heavy atom. The Balaban J connectivity index is 2.36. The fourth-order valence-electron chi connectivity index (χ4n) is 1.33. The zero-order chi connectivity index (χ0) is 14.5. The number of rotatable bonds is 5. The summed E-state index contributed by atoms with van der Waals surface area (Å²) in [6.07, 6.45) is -4.66. The fraction of sp³-hybridized carbons (Fsp3) is 0.538. The van der Waals surface area contributed by atoms with Gasteiger partial charge in [0, 0.05) is 12.2 Å². The highest BCUT2D eigenvalue weighted by Gasteiger charge is 2.30. The molecule has 0 aliphatic carbocycles. The van der Waals surface area contributed by atoms with Crippen molar-refractivity contribution >= 4 is 5.69 Å². The van der Waals surface area contributed by atoms with Crippen LogP contribution in [0.2, 0.25) is 0 Å². The second-order valence-corrected chi connectivity index (χ2v) is 4.96. The van der Waals surface area contributed by atoms with Gasteiger partial charge in [0.25, 0.3) is 0 Å². The molecule has 0 aliphatic rings. The van der Waals surface area contributed by atoms with Gasteiger partial charge in [0.05, 0.1) is 12.2 Å². The van der Waals surface area contributed by atoms with E-state index in [1.807, 2.05) is 20.8 Å². The van der Waals surface area contributed by atoms with Crippen molar-refractivity contribution in [1.29, 1.82) is 0 Å². The van der Waals surface area contributed by atoms with Gasteiger partial charge in [-0.05, 0) is 45.0 Å². The Bertz CT molecular complexity index is 382. The lowest BCUT2D eigenvalue weighted by molar-refractivity contribution is -0.274. The average Bonchev–Trinajstić information content (AvgIpc) is 2.23. The second kappa shape index (κ2) is 6.14. The van der Waals surface area contributed by atoms with Crippen LogP contribution in [0, 0.1) is 0 Å². The molecule has 0 fully saturated rings. The Morgan fingerprint density at radius 2 is 1.63 bits per heavy atom. The van der Waals surface area contributed by atoms with Gasteiger partial charge in [0.1, 0.15) is 5.75 Å². The molecule has 108 valence electrons. The summed E-state index contributed by atoms with van der Waals surface area (Å²) in [7, 11) is 0. The summed E-state index contributed by atoms with van der Waals surface area (Å²) in [5.41, 5.74) is 0.513. The lowest BCUT2D eigenvalue weighted by Crippen LogP contribution is -2.23. The summed E-state index contributed by atoms with van der Waals surface area (Å²) < 4.78 is 45.1. The van der Waals surface area contributed by atoms with E-state index in [1.54, 1.807) is 0 Å². The van der Waals surface area contributed by atoms with E-state index in [4.69, 9.17) is 4.74 Å². The van der Waals surface area contributed by atoms with Crippen molar-refractivity contribution in [1.82, 2.24) is 0 Å². The fourth-order valence-corrected chi connectivity index (χ4v) is 1.33. The largest absolute Gasteiger partial charge is 0.573 e. The lowest BCUT2D eigenvalue weighted by Gasteiger charge is -2.19. The minimum atomic E-state index is -4.66. The summed E-state index contributed by atoms with van der Waals surface area (Å²) in [6, 6.07) is 5.58. The van der Waals surface area contributed by atoms with Gasteiger partial charge in [-0.3, -0.25) is 0 Å². The third-order valence-corrected chi connectivity index (χ3v) is 2.05. The van der Waals surface area contributed by atoms with Crippen LogP contribution in [-0.4, -0.2) is 25.1 Å². The molecule has 0 radical (unpaired) electrons. The van der Waals surface area contributed by atoms with Gasteiger partial charge < -0.3 is 14.8 Å². The maximum absolute atomic E-state index is 11.9. The maximum atomic E-state index is 11.9. The van der Waals surface area contributed by atoms with Crippen LogP contribution in [-0.2, 0) is 4.74 Å². The third-order valence-electron chi connectivity index (χ3n) is 2.05. The number of hydrogen-bond donors (Lipinski definition) is 1. The molecule has 0 unspecified atom stereocenters. The standard InChI is InChI=1S/C13H18F3NO2/c1-12(2,3)18-9-8-17-10-4-6-11(7-5-10)19-13(14,15)16/h4-7,17H,8-9H2,1-3H3. The quantitative estimate of drug-likeness (QED) is 0.830. The molecule has 1 aromatic rings. The molecule has 6 heteroatoms. The van der Waals surface area contributed by atoms with E-state index in [9.17, 15) is 13.2 Å². The molecule has 0 bridgehead atoms. The van der Waals surface area contributed by atoms with Gasteiger partial charge in [-0.2, -0.15) is 0 Å². The van der Waals surface area contributed by atoms with Crippen molar-refractivity contribution in [2.24, 2.45) is 0 Å². The molecule has 0 atom stereocenters. The minimum Gasteiger partial charge on any atom is -0.406 e. The van der Waals surface area contributed by atoms with E-state index in [2.05, 4.69) is 10.1 Å². The predicted octanol–water partition coefficient (Wildman–Crippen LogP) is 3.81. The molecular weight excluding hydrogens is 259 g/mol. The monoisotopic (exact) mass is 277 g/mol. The van der Waals surface area contributed by atoms with Crippen molar-refractivity contribution in [3.63, 3.8) is 0 Å². The number of halogens is 3. The van der Waals surface area contributed by atoms with Crippen molar-refractivity contribution < 1.29 is 22.6 Å². The Morgan fingerprint density at radius 1 is 1.05 bits per heavy atom. The molecule has 1 aromatic carbocycles. The molecule has 0 heterocycles. The molecule has 1 rings (SSSR count). The van der Waals surface area contributed by atoms with E-state index in [0.717, 1.165) is 0 Å². The number of hydrogen-bond acceptors (Lipinski definition) is 3. The predicted molar refractivity (Wildman–Crippen MR) is 67.3 cm³/mol. The first kappa shape index (κ1) is 15.6. The molecule has 0 aromatic heterocycles. The van der Waals surface area contributed by atoms with Crippen LogP contribution < -0.4 is 10.1 Å². The van der Waals surface area contributed by atoms with Gasteiger partial charge in [-0.25, -0.2) is 0 Å². The Kier molecular flexibility index (Phi) is 5.05. The summed E-state index contributed by atoms with van der Waals surface area (Å²) in [6.45, 7) is 6.96. The van der Waals surface area contributed by atoms with Crippen molar-refractivity contribution in [2.75, 3.05) is 18.5 Å². The van der Waals surface area contributed by atoms with E-state index in [1.165, 1.54) is 24.3 Å². The molecule has 1 N–H and O–H groups in total. The van der Waals surface area contributed by atoms with Crippen LogP contribution in [0.5, 0.6) is 5.75 Å². The van der Waals surface area contributed by atoms with Crippen LogP contribution in [0.25, 0.3) is 0 Å². The smallest absolute Gasteiger partial charge is 0.406 e. The zero-order valence-electron chi connectivity index (χ0n) is 11.2. The van der Waals surface area contributed by atoms with Gasteiger partial charge in [-0.15, -0.1) is 13.2 Å². The third kappa shape index (κ3) is 7.56. The summed E-state index contributed by atoms with van der Waals surface area (Å²) in [5.74, 6) is -0.232. The zero-order valence-corrected chi connectivity index (χ0v) is 11.2. The molecule has 0 amide bonds. The number of alkyl halides is 3. The van der Waals surface area contributed by atoms with Gasteiger partial charge in [-0.1, -0.05) is 0 Å². The topological polar surface area (TPSA) is 30.5 Å². The van der Waals surface area contributed by atoms with Crippen LogP contribution in [0.1, 0.15) is 20.8 Å². The summed E-state index contributed by atoms with van der Waals surface area (Å²) >= 11 is 0. The van der Waals surface area contributed by atoms with Crippen molar-refractivity contribution in [2.45, 2.75) is 32.7 Å². The molecule has 0 saturated heterocycles. The number of ether oxygens (including phenoxy) is 2. The SMILES string of the molecule is CC(C)(C)OCCNc1ccc(OC(F)(F)F)cc1. The summed E-state index contributed by atoms with van der Waals surface area (Å²) in [5, 5.41) is 3.05. The molecule has 0 spiro atoms. The molecule has 19 heavy (non-hydrogen) atoms. The molecule has 3 nitrogen and oxygen atoms in total. The van der Waals surface area contributed by atoms with Crippen LogP contribution in [0.15, 0.2) is 24.3 Å². The average molecular weight is 277 g/mol. The van der Waals surface area contributed by atoms with Crippen molar-refractivity contribution in [3.05, 3.63) is 24.3 Å². The van der Waals surface area contributed by atoms with Crippen molar-refractivity contribution in [3.8, 4) is 5.75 Å². The second-order valence-electron chi connectivity index (χ2n) is 4.96. The highest BCUT2D eigenvalue weighted by molar-refractivity contribution is 5.46. The number of benzene rings is 1. The highest BCUT2D eigenvalue weighted by Crippen LogP contribution is 2.23. The molecule has 0 aliphatic heterocycles. The van der Waals surface area contributed by atoms with E-state index in [-0.39, 0.29) is 11.4 Å². The highest BCUT2D eigenvalue weighted by atomic mass is 19.4. The minimum absolute atomic E-state index is 0.202. The Hall–Kier alpha value is -1.43. The number of nitrogens with one attached hydrogen (secondary N) is 1. The van der Waals surface area contributed by atoms with Crippen LogP contribution >= 0.6 is 0 Å². The molecule has 0 saturated carbocycles. The summed E-state index contributed by atoms with van der Waals surface area (Å²) in [4.78, 5) is 0. The first-order chi connectivity index (χ1) is 8.66. The van der Waals surface area contributed by atoms with Crippen LogP contribution in [0.4, 0.5) is 18.9 Å². The molecular formula is C13H18F3NO2. The first-order valence-corrected chi connectivity index (χ1v) is 5.89. The van der Waals surface area contributed by atoms with Gasteiger partial charge >= 0.3 is 6.36 Å². The maximum Gasteiger partial charge on any atom is 0.573 e. The van der Waals surface area contributed by atoms with Gasteiger partial charge in [0.15, 0.2) is 0 Å². The Labute approximate surface area is 110 Å². The van der Waals surface area contributed by atoms with Gasteiger partial charge in [0.2, 0.25) is 0 Å².